The van der Waals surface area contributed by atoms with E-state index in [1.165, 1.54) is 7.11 Å². The molecule has 1 atom stereocenters. The third-order valence-corrected chi connectivity index (χ3v) is 14.1. The molecule has 0 radical (unpaired) electrons. The fraction of sp³-hybridized carbons (Fsp3) is 0.429. The number of ketones is 1. The van der Waals surface area contributed by atoms with E-state index in [0.29, 0.717) is 47.8 Å². The predicted octanol–water partition coefficient (Wildman–Crippen LogP) is 5.91. The standard InChI is InChI=1S/C35H44N2O7Si/c1-34(2,3)45(7,8)44-20-25-15-24-16-28-22(17-29(24)36-25)10-12-30(39)27-13-14-35(33(40)43-6,37(21-38)32(27)28)19-23-9-11-26(41-4)18-31(23)42-5/h9,11,13-18,36,38H,10,12,19-21H2,1-8H3. The largest absolute Gasteiger partial charge is 0.497 e. The molecule has 1 unspecified atom stereocenters. The van der Waals surface area contributed by atoms with Crippen LogP contribution in [0.2, 0.25) is 18.1 Å². The van der Waals surface area contributed by atoms with Gasteiger partial charge in [-0.1, -0.05) is 32.9 Å². The number of carbonyl (C=O) groups is 2. The lowest BCUT2D eigenvalue weighted by Gasteiger charge is -2.44. The SMILES string of the molecule is COC(=O)C1(Cc2ccc(OC)cc2OC)C=CC2=C(c3cc4cc(CO[Si](C)(C)C(C)(C)C)[nH]c4cc3CCC2=O)N1CO. The number of fused-ring (bicyclic) bond motifs is 3. The van der Waals surface area contributed by atoms with Gasteiger partial charge in [-0.05, 0) is 66.0 Å². The maximum absolute atomic E-state index is 13.8. The van der Waals surface area contributed by atoms with Crippen molar-refractivity contribution in [2.24, 2.45) is 0 Å². The van der Waals surface area contributed by atoms with Crippen LogP contribution in [0.1, 0.15) is 49.6 Å². The highest BCUT2D eigenvalue weighted by Gasteiger charge is 2.48. The van der Waals surface area contributed by atoms with Gasteiger partial charge in [-0.2, -0.15) is 0 Å². The van der Waals surface area contributed by atoms with Crippen molar-refractivity contribution in [3.8, 4) is 11.5 Å². The van der Waals surface area contributed by atoms with E-state index in [0.717, 1.165) is 27.7 Å². The Morgan fingerprint density at radius 3 is 2.47 bits per heavy atom. The van der Waals surface area contributed by atoms with Crippen molar-refractivity contribution in [2.75, 3.05) is 28.1 Å². The number of aromatic amines is 1. The highest BCUT2D eigenvalue weighted by Crippen LogP contribution is 2.44. The normalized spacial score (nSPS) is 18.5. The van der Waals surface area contributed by atoms with Gasteiger partial charge in [0.1, 0.15) is 18.2 Å². The highest BCUT2D eigenvalue weighted by molar-refractivity contribution is 6.74. The molecule has 0 amide bonds. The number of Topliss-reactive ketones (excluding diaryl/α,β-unsaturated/α-hetero) is 1. The Hall–Kier alpha value is -3.86. The lowest BCUT2D eigenvalue weighted by Crippen LogP contribution is -2.56. The van der Waals surface area contributed by atoms with Crippen molar-refractivity contribution in [3.05, 3.63) is 76.5 Å². The van der Waals surface area contributed by atoms with E-state index in [1.807, 2.05) is 12.1 Å². The summed E-state index contributed by atoms with van der Waals surface area (Å²) in [4.78, 5) is 32.4. The molecule has 0 saturated heterocycles. The van der Waals surface area contributed by atoms with Crippen LogP contribution in [0.25, 0.3) is 16.6 Å². The molecule has 2 heterocycles. The van der Waals surface area contributed by atoms with Crippen LogP contribution >= 0.6 is 0 Å². The second kappa shape index (κ2) is 12.1. The molecule has 10 heteroatoms. The summed E-state index contributed by atoms with van der Waals surface area (Å²) < 4.78 is 22.9. The molecule has 0 fully saturated rings. The molecule has 1 aliphatic carbocycles. The summed E-state index contributed by atoms with van der Waals surface area (Å²) in [6, 6.07) is 11.6. The number of esters is 1. The van der Waals surface area contributed by atoms with Gasteiger partial charge >= 0.3 is 5.97 Å². The fourth-order valence-electron chi connectivity index (χ4n) is 5.97. The second-order valence-corrected chi connectivity index (χ2v) is 18.1. The number of hydrogen-bond donors (Lipinski definition) is 2. The first kappa shape index (κ1) is 32.5. The number of benzene rings is 2. The summed E-state index contributed by atoms with van der Waals surface area (Å²) in [6.45, 7) is 11.1. The van der Waals surface area contributed by atoms with E-state index in [9.17, 15) is 14.7 Å². The average molecular weight is 633 g/mol. The van der Waals surface area contributed by atoms with Crippen LogP contribution in [0.4, 0.5) is 0 Å². The number of aliphatic hydroxyl groups excluding tert-OH is 1. The summed E-state index contributed by atoms with van der Waals surface area (Å²) in [5.41, 5.74) is 3.89. The monoisotopic (exact) mass is 632 g/mol. The highest BCUT2D eigenvalue weighted by atomic mass is 28.4. The summed E-state index contributed by atoms with van der Waals surface area (Å²) in [7, 11) is 2.49. The zero-order valence-electron chi connectivity index (χ0n) is 27.5. The van der Waals surface area contributed by atoms with E-state index in [2.05, 4.69) is 51.0 Å². The number of ether oxygens (including phenoxy) is 3. The molecule has 2 N–H and O–H groups in total. The number of methoxy groups -OCH3 is 3. The Balaban J connectivity index is 1.61. The molecule has 9 nitrogen and oxygen atoms in total. The van der Waals surface area contributed by atoms with Crippen molar-refractivity contribution in [2.45, 2.75) is 70.3 Å². The summed E-state index contributed by atoms with van der Waals surface area (Å²) in [5, 5.41) is 12.0. The van der Waals surface area contributed by atoms with Crippen molar-refractivity contribution in [1.29, 1.82) is 0 Å². The minimum absolute atomic E-state index is 0.0523. The van der Waals surface area contributed by atoms with Crippen molar-refractivity contribution in [1.82, 2.24) is 9.88 Å². The van der Waals surface area contributed by atoms with Gasteiger partial charge in [-0.3, -0.25) is 4.79 Å². The molecule has 3 aromatic rings. The van der Waals surface area contributed by atoms with Crippen LogP contribution in [0.15, 0.2) is 54.1 Å². The zero-order valence-corrected chi connectivity index (χ0v) is 28.5. The molecule has 2 aliphatic rings. The van der Waals surface area contributed by atoms with Crippen molar-refractivity contribution >= 4 is 36.7 Å². The third kappa shape index (κ3) is 5.82. The minimum atomic E-state index is -1.96. The molecule has 5 rings (SSSR count). The molecular formula is C35H44N2O7Si. The van der Waals surface area contributed by atoms with Gasteiger partial charge in [-0.25, -0.2) is 4.79 Å². The Morgan fingerprint density at radius 2 is 1.82 bits per heavy atom. The van der Waals surface area contributed by atoms with Crippen LogP contribution in [0, 0.1) is 0 Å². The van der Waals surface area contributed by atoms with Gasteiger partial charge < -0.3 is 33.6 Å². The average Bonchev–Trinajstić information content (AvgIpc) is 3.36. The first-order valence-corrected chi connectivity index (χ1v) is 18.1. The van der Waals surface area contributed by atoms with Crippen LogP contribution in [0.3, 0.4) is 0 Å². The predicted molar refractivity (Wildman–Crippen MR) is 177 cm³/mol. The molecule has 2 aromatic carbocycles. The number of nitrogens with zero attached hydrogens (tertiary/aromatic N) is 1. The van der Waals surface area contributed by atoms with E-state index >= 15 is 0 Å². The number of aromatic nitrogens is 1. The first-order chi connectivity index (χ1) is 21.3. The Kier molecular flexibility index (Phi) is 8.78. The summed E-state index contributed by atoms with van der Waals surface area (Å²) >= 11 is 0. The van der Waals surface area contributed by atoms with Gasteiger partial charge in [0.15, 0.2) is 19.6 Å². The molecule has 240 valence electrons. The first-order valence-electron chi connectivity index (χ1n) is 15.2. The van der Waals surface area contributed by atoms with E-state index in [-0.39, 0.29) is 17.2 Å². The Bertz CT molecular complexity index is 1700. The Labute approximate surface area is 265 Å². The maximum atomic E-state index is 13.8. The van der Waals surface area contributed by atoms with Crippen molar-refractivity contribution in [3.63, 3.8) is 0 Å². The quantitative estimate of drug-likeness (QED) is 0.221. The molecule has 0 saturated carbocycles. The lowest BCUT2D eigenvalue weighted by atomic mass is 9.82. The van der Waals surface area contributed by atoms with Gasteiger partial charge in [0.05, 0.1) is 33.6 Å². The molecule has 45 heavy (non-hydrogen) atoms. The van der Waals surface area contributed by atoms with E-state index < -0.39 is 26.6 Å². The smallest absolute Gasteiger partial charge is 0.336 e. The fourth-order valence-corrected chi connectivity index (χ4v) is 6.91. The lowest BCUT2D eigenvalue weighted by molar-refractivity contribution is -0.152. The van der Waals surface area contributed by atoms with E-state index in [4.69, 9.17) is 18.6 Å². The maximum Gasteiger partial charge on any atom is 0.336 e. The minimum Gasteiger partial charge on any atom is -0.497 e. The number of rotatable bonds is 9. The van der Waals surface area contributed by atoms with E-state index in [1.54, 1.807) is 43.4 Å². The van der Waals surface area contributed by atoms with Gasteiger partial charge in [-0.15, -0.1) is 0 Å². The van der Waals surface area contributed by atoms with Crippen molar-refractivity contribution < 1.29 is 33.3 Å². The second-order valence-electron chi connectivity index (χ2n) is 13.3. The van der Waals surface area contributed by atoms with Crippen LogP contribution < -0.4 is 9.47 Å². The van der Waals surface area contributed by atoms with Gasteiger partial charge in [0, 0.05) is 46.6 Å². The van der Waals surface area contributed by atoms with Crippen LogP contribution in [0.5, 0.6) is 11.5 Å². The summed E-state index contributed by atoms with van der Waals surface area (Å²) in [6.07, 6.45) is 4.33. The number of hydrogen-bond acceptors (Lipinski definition) is 8. The molecule has 1 aliphatic heterocycles. The van der Waals surface area contributed by atoms with Crippen LogP contribution in [-0.4, -0.2) is 68.7 Å². The van der Waals surface area contributed by atoms with Gasteiger partial charge in [0.2, 0.25) is 0 Å². The number of aryl methyl sites for hydroxylation is 1. The third-order valence-electron chi connectivity index (χ3n) is 9.64. The molecule has 1 aromatic heterocycles. The van der Waals surface area contributed by atoms with Crippen LogP contribution in [-0.2, 0) is 38.2 Å². The molecular weight excluding hydrogens is 588 g/mol. The number of carbonyl (C=O) groups excluding carboxylic acids is 2. The number of allylic oxidation sites excluding steroid dienone is 2. The summed E-state index contributed by atoms with van der Waals surface area (Å²) in [5.74, 6) is 0.521. The number of H-pyrrole nitrogens is 1. The molecule has 0 bridgehead atoms. The zero-order chi connectivity index (χ0) is 32.7. The van der Waals surface area contributed by atoms with Gasteiger partial charge in [0.25, 0.3) is 0 Å². The Morgan fingerprint density at radius 1 is 1.07 bits per heavy atom. The number of nitrogens with one attached hydrogen (secondary N) is 1. The number of aliphatic hydroxyl groups is 1. The topological polar surface area (TPSA) is 110 Å². The molecule has 0 spiro atoms.